The Hall–Kier alpha value is -5.13. The van der Waals surface area contributed by atoms with Gasteiger partial charge >= 0.3 is 12.2 Å². The minimum atomic E-state index is -3.98. The van der Waals surface area contributed by atoms with Gasteiger partial charge in [-0.05, 0) is 40.5 Å². The van der Waals surface area contributed by atoms with Crippen LogP contribution in [0.25, 0.3) is 11.3 Å². The molecule has 0 saturated heterocycles. The highest BCUT2D eigenvalue weighted by Gasteiger charge is 2.37. The van der Waals surface area contributed by atoms with Gasteiger partial charge in [0.2, 0.25) is 5.91 Å². The van der Waals surface area contributed by atoms with E-state index in [0.29, 0.717) is 30.0 Å². The van der Waals surface area contributed by atoms with Crippen molar-refractivity contribution >= 4 is 24.0 Å². The summed E-state index contributed by atoms with van der Waals surface area (Å²) in [6.45, 7) is -7.25. The number of carbonyl (C=O) groups excluding carboxylic acids is 4. The van der Waals surface area contributed by atoms with E-state index in [1.165, 1.54) is 12.1 Å². The standard InChI is InChI=1S/C44H64N6O10/c1-43(2,3)37(48-42(55)60-27-26-59-25-24-58-23-22-56-7)39(52)46-35(28-31-14-10-9-11-15-31)36(51)30-50(49-40(53)38(44(4,5)6)47-41(54)57-8)29-32-17-19-33(20-18-32)34-16-12-13-21-45-34/h9-21,35-38,51H,22-30H2,1-8H3,(H,46,52)(H,47,54)(H,48,55)(H,49,53)/t35-,36-,37+,38+/m0/s1/i1D3,2D3,3D3. The van der Waals surface area contributed by atoms with E-state index < -0.39 is 92.8 Å². The fraction of sp³-hybridized carbons (Fsp3) is 0.523. The van der Waals surface area contributed by atoms with Crippen molar-refractivity contribution in [2.75, 3.05) is 60.4 Å². The van der Waals surface area contributed by atoms with E-state index >= 15 is 0 Å². The van der Waals surface area contributed by atoms with Gasteiger partial charge in [-0.15, -0.1) is 0 Å². The first kappa shape index (κ1) is 36.7. The molecular weight excluding hydrogens is 773 g/mol. The molecule has 0 aliphatic heterocycles. The van der Waals surface area contributed by atoms with Crippen LogP contribution in [0.15, 0.2) is 79.0 Å². The normalized spacial score (nSPS) is 16.6. The smallest absolute Gasteiger partial charge is 0.407 e. The third-order valence-electron chi connectivity index (χ3n) is 8.85. The number of aromatic nitrogens is 1. The zero-order valence-electron chi connectivity index (χ0n) is 43.7. The van der Waals surface area contributed by atoms with E-state index in [1.807, 2.05) is 17.4 Å². The maximum Gasteiger partial charge on any atom is 0.407 e. The first-order valence-corrected chi connectivity index (χ1v) is 19.3. The van der Waals surface area contributed by atoms with Gasteiger partial charge in [-0.1, -0.05) is 102 Å². The summed E-state index contributed by atoms with van der Waals surface area (Å²) >= 11 is 0. The predicted molar refractivity (Wildman–Crippen MR) is 226 cm³/mol. The minimum Gasteiger partial charge on any atom is -0.453 e. The molecule has 3 rings (SSSR count). The van der Waals surface area contributed by atoms with Crippen LogP contribution in [-0.2, 0) is 46.2 Å². The van der Waals surface area contributed by atoms with Crippen molar-refractivity contribution in [2.45, 2.75) is 78.5 Å². The molecule has 0 aliphatic rings. The van der Waals surface area contributed by atoms with Crippen molar-refractivity contribution in [3.05, 3.63) is 90.1 Å². The number of ether oxygens (including phenoxy) is 5. The number of alkyl carbamates (subject to hydrolysis) is 2. The number of amides is 4. The van der Waals surface area contributed by atoms with Gasteiger partial charge in [0.1, 0.15) is 18.7 Å². The number of benzene rings is 2. The van der Waals surface area contributed by atoms with E-state index in [0.717, 1.165) is 12.7 Å². The minimum absolute atomic E-state index is 0.0754. The molecule has 0 fully saturated rings. The molecule has 16 nitrogen and oxygen atoms in total. The average Bonchev–Trinajstić information content (AvgIpc) is 3.26. The molecule has 3 aromatic rings. The molecule has 60 heavy (non-hydrogen) atoms. The molecule has 2 aromatic carbocycles. The highest BCUT2D eigenvalue weighted by atomic mass is 16.6. The molecule has 4 atom stereocenters. The van der Waals surface area contributed by atoms with Gasteiger partial charge in [0.15, 0.2) is 0 Å². The lowest BCUT2D eigenvalue weighted by Crippen LogP contribution is -2.61. The number of nitrogens with one attached hydrogen (secondary N) is 4. The van der Waals surface area contributed by atoms with Gasteiger partial charge in [-0.2, -0.15) is 0 Å². The number of hydrogen-bond donors (Lipinski definition) is 5. The lowest BCUT2D eigenvalue weighted by Gasteiger charge is -2.35. The third-order valence-corrected chi connectivity index (χ3v) is 8.85. The van der Waals surface area contributed by atoms with Gasteiger partial charge in [-0.25, -0.2) is 14.6 Å². The maximum atomic E-state index is 14.7. The number of aliphatic hydroxyl groups excluding tert-OH is 1. The van der Waals surface area contributed by atoms with Crippen molar-refractivity contribution in [3.8, 4) is 11.3 Å². The fourth-order valence-corrected chi connectivity index (χ4v) is 5.71. The SMILES string of the molecule is [2H]C([2H])([2H])C([C@H](NC(=O)OCCOCCOCCOC)C(=O)N[C@@H](Cc1ccccc1)[C@@H](O)CN(Cc1ccc(-c2ccccn2)cc1)NC(=O)[C@@H](NC(=O)OC)C(C)(C)C)(C([2H])([2H])[2H])C([2H])([2H])[2H]. The van der Waals surface area contributed by atoms with E-state index in [-0.39, 0.29) is 32.8 Å². The zero-order valence-corrected chi connectivity index (χ0v) is 34.7. The van der Waals surface area contributed by atoms with Crippen LogP contribution in [0.3, 0.4) is 0 Å². The Labute approximate surface area is 366 Å². The summed E-state index contributed by atoms with van der Waals surface area (Å²) in [5, 5.41) is 20.4. The first-order chi connectivity index (χ1) is 32.3. The highest BCUT2D eigenvalue weighted by Crippen LogP contribution is 2.23. The molecule has 4 amide bonds. The molecule has 0 bridgehead atoms. The second-order valence-electron chi connectivity index (χ2n) is 14.8. The molecule has 0 aliphatic carbocycles. The Kier molecular flexibility index (Phi) is 15.2. The summed E-state index contributed by atoms with van der Waals surface area (Å²) < 4.78 is 101. The second kappa shape index (κ2) is 24.8. The van der Waals surface area contributed by atoms with Crippen LogP contribution in [-0.4, -0.2) is 124 Å². The van der Waals surface area contributed by atoms with Crippen LogP contribution in [0.5, 0.6) is 0 Å². The van der Waals surface area contributed by atoms with Gasteiger partial charge in [0, 0.05) is 44.3 Å². The zero-order chi connectivity index (χ0) is 51.6. The van der Waals surface area contributed by atoms with Crippen molar-refractivity contribution in [3.63, 3.8) is 0 Å². The van der Waals surface area contributed by atoms with Crippen molar-refractivity contribution in [2.24, 2.45) is 10.8 Å². The summed E-state index contributed by atoms with van der Waals surface area (Å²) in [4.78, 5) is 58.8. The van der Waals surface area contributed by atoms with Crippen LogP contribution in [0, 0.1) is 10.8 Å². The molecule has 0 unspecified atom stereocenters. The molecule has 1 heterocycles. The summed E-state index contributed by atoms with van der Waals surface area (Å²) in [6.07, 6.45) is -2.75. The molecule has 1 aromatic heterocycles. The first-order valence-electron chi connectivity index (χ1n) is 23.8. The Morgan fingerprint density at radius 1 is 0.733 bits per heavy atom. The van der Waals surface area contributed by atoms with E-state index in [2.05, 4.69) is 21.0 Å². The molecule has 330 valence electrons. The van der Waals surface area contributed by atoms with Crippen LogP contribution in [0.4, 0.5) is 9.59 Å². The second-order valence-corrected chi connectivity index (χ2v) is 14.8. The molecule has 0 saturated carbocycles. The van der Waals surface area contributed by atoms with Crippen molar-refractivity contribution < 1.29 is 60.3 Å². The lowest BCUT2D eigenvalue weighted by molar-refractivity contribution is -0.132. The van der Waals surface area contributed by atoms with Gasteiger partial charge in [0.25, 0.3) is 5.91 Å². The third kappa shape index (κ3) is 17.6. The Balaban J connectivity index is 2.08. The molecule has 0 radical (unpaired) electrons. The topological polar surface area (TPSA) is 199 Å². The van der Waals surface area contributed by atoms with Gasteiger partial charge < -0.3 is 44.7 Å². The molecular formula is C44H64N6O10. The number of rotatable bonds is 23. The Bertz CT molecular complexity index is 2030. The highest BCUT2D eigenvalue weighted by molar-refractivity contribution is 5.87. The van der Waals surface area contributed by atoms with Crippen LogP contribution in [0.2, 0.25) is 0 Å². The lowest BCUT2D eigenvalue weighted by atomic mass is 9.85. The largest absolute Gasteiger partial charge is 0.453 e. The number of hydrogen-bond acceptors (Lipinski definition) is 12. The van der Waals surface area contributed by atoms with Crippen LogP contribution >= 0.6 is 0 Å². The number of methoxy groups -OCH3 is 2. The predicted octanol–water partition coefficient (Wildman–Crippen LogP) is 4.26. The van der Waals surface area contributed by atoms with E-state index in [1.54, 1.807) is 87.6 Å². The number of carbonyl (C=O) groups is 4. The van der Waals surface area contributed by atoms with Crippen LogP contribution < -0.4 is 21.4 Å². The summed E-state index contributed by atoms with van der Waals surface area (Å²) in [7, 11) is 2.64. The Morgan fingerprint density at radius 2 is 1.35 bits per heavy atom. The fourth-order valence-electron chi connectivity index (χ4n) is 5.71. The van der Waals surface area contributed by atoms with Crippen molar-refractivity contribution in [1.29, 1.82) is 0 Å². The summed E-state index contributed by atoms with van der Waals surface area (Å²) in [5.74, 6) is -2.33. The van der Waals surface area contributed by atoms with Gasteiger partial charge in [-0.3, -0.25) is 20.0 Å². The number of hydrazine groups is 1. The molecule has 16 heteroatoms. The quantitative estimate of drug-likeness (QED) is 0.0673. The molecule has 5 N–H and O–H groups in total. The average molecular weight is 846 g/mol. The Morgan fingerprint density at radius 3 is 1.95 bits per heavy atom. The summed E-state index contributed by atoms with van der Waals surface area (Å²) in [6, 6.07) is 15.2. The molecule has 0 spiro atoms. The maximum absolute atomic E-state index is 14.7. The number of nitrogens with zero attached hydrogens (tertiary/aromatic N) is 2. The summed E-state index contributed by atoms with van der Waals surface area (Å²) in [5.41, 5.74) is 0.489. The number of pyridine rings is 1. The van der Waals surface area contributed by atoms with E-state index in [4.69, 9.17) is 36.0 Å². The monoisotopic (exact) mass is 846 g/mol. The van der Waals surface area contributed by atoms with Crippen LogP contribution in [0.1, 0.15) is 64.8 Å². The van der Waals surface area contributed by atoms with Crippen molar-refractivity contribution in [1.82, 2.24) is 31.4 Å². The van der Waals surface area contributed by atoms with E-state index in [9.17, 15) is 24.3 Å². The number of aliphatic hydroxyl groups is 1. The van der Waals surface area contributed by atoms with Gasteiger partial charge in [0.05, 0.1) is 58.0 Å².